The molecular formula is C22H29N3O2. The molecule has 5 heteroatoms. The van der Waals surface area contributed by atoms with Gasteiger partial charge in [-0.2, -0.15) is 0 Å². The number of anilines is 1. The summed E-state index contributed by atoms with van der Waals surface area (Å²) in [5.74, 6) is 0.703. The topological polar surface area (TPSA) is 44.8 Å². The van der Waals surface area contributed by atoms with Crippen molar-refractivity contribution in [3.63, 3.8) is 0 Å². The SMILES string of the molecule is COc1ccc(C(=O)NC[C@@H](c2ccc(N(C)C)cc2)N2CCCC2)cc1. The number of methoxy groups -OCH3 is 1. The van der Waals surface area contributed by atoms with Gasteiger partial charge in [0.2, 0.25) is 0 Å². The van der Waals surface area contributed by atoms with Gasteiger partial charge in [0.25, 0.3) is 5.91 Å². The molecule has 0 saturated carbocycles. The maximum atomic E-state index is 12.6. The fourth-order valence-corrected chi connectivity index (χ4v) is 3.54. The molecule has 1 N–H and O–H groups in total. The third kappa shape index (κ3) is 4.80. The number of rotatable bonds is 7. The van der Waals surface area contributed by atoms with Gasteiger partial charge in [0.15, 0.2) is 0 Å². The summed E-state index contributed by atoms with van der Waals surface area (Å²) in [4.78, 5) is 17.1. The lowest BCUT2D eigenvalue weighted by atomic mass is 10.0. The van der Waals surface area contributed by atoms with Crippen LogP contribution in [0.15, 0.2) is 48.5 Å². The van der Waals surface area contributed by atoms with E-state index in [1.807, 2.05) is 26.2 Å². The number of likely N-dealkylation sites (tertiary alicyclic amines) is 1. The average molecular weight is 367 g/mol. The van der Waals surface area contributed by atoms with Gasteiger partial charge in [-0.05, 0) is 67.9 Å². The van der Waals surface area contributed by atoms with Gasteiger partial charge in [-0.3, -0.25) is 9.69 Å². The van der Waals surface area contributed by atoms with Crippen molar-refractivity contribution >= 4 is 11.6 Å². The highest BCUT2D eigenvalue weighted by molar-refractivity contribution is 5.94. The molecule has 1 saturated heterocycles. The highest BCUT2D eigenvalue weighted by Gasteiger charge is 2.24. The van der Waals surface area contributed by atoms with Crippen LogP contribution in [-0.2, 0) is 0 Å². The van der Waals surface area contributed by atoms with E-state index in [1.165, 1.54) is 24.1 Å². The van der Waals surface area contributed by atoms with E-state index in [0.29, 0.717) is 12.1 Å². The predicted molar refractivity (Wildman–Crippen MR) is 110 cm³/mol. The molecule has 1 aliphatic rings. The lowest BCUT2D eigenvalue weighted by Gasteiger charge is -2.28. The van der Waals surface area contributed by atoms with Crippen molar-refractivity contribution < 1.29 is 9.53 Å². The minimum absolute atomic E-state index is 0.0493. The molecule has 0 spiro atoms. The predicted octanol–water partition coefficient (Wildman–Crippen LogP) is 3.33. The summed E-state index contributed by atoms with van der Waals surface area (Å²) in [5.41, 5.74) is 3.08. The third-order valence-electron chi connectivity index (χ3n) is 5.18. The van der Waals surface area contributed by atoms with Crippen LogP contribution in [0.5, 0.6) is 5.75 Å². The van der Waals surface area contributed by atoms with Gasteiger partial charge in [0.05, 0.1) is 13.2 Å². The summed E-state index contributed by atoms with van der Waals surface area (Å²) in [6.07, 6.45) is 2.44. The number of hydrogen-bond acceptors (Lipinski definition) is 4. The number of hydrogen-bond donors (Lipinski definition) is 1. The molecule has 5 nitrogen and oxygen atoms in total. The van der Waals surface area contributed by atoms with Gasteiger partial charge in [-0.15, -0.1) is 0 Å². The van der Waals surface area contributed by atoms with Crippen molar-refractivity contribution in [2.75, 3.05) is 45.7 Å². The van der Waals surface area contributed by atoms with Crippen LogP contribution < -0.4 is 15.0 Å². The molecule has 0 radical (unpaired) electrons. The van der Waals surface area contributed by atoms with Crippen molar-refractivity contribution in [3.8, 4) is 5.75 Å². The Bertz CT molecular complexity index is 735. The van der Waals surface area contributed by atoms with Crippen LogP contribution in [0.25, 0.3) is 0 Å². The molecule has 3 rings (SSSR count). The van der Waals surface area contributed by atoms with Gasteiger partial charge in [0.1, 0.15) is 5.75 Å². The summed E-state index contributed by atoms with van der Waals surface area (Å²) in [7, 11) is 5.71. The number of ether oxygens (including phenoxy) is 1. The van der Waals surface area contributed by atoms with Crippen molar-refractivity contribution in [1.29, 1.82) is 0 Å². The zero-order chi connectivity index (χ0) is 19.2. The molecule has 0 bridgehead atoms. The van der Waals surface area contributed by atoms with Crippen LogP contribution in [-0.4, -0.2) is 51.6 Å². The molecule has 2 aromatic rings. The van der Waals surface area contributed by atoms with Crippen molar-refractivity contribution in [3.05, 3.63) is 59.7 Å². The number of carbonyl (C=O) groups excluding carboxylic acids is 1. The Hall–Kier alpha value is -2.53. The van der Waals surface area contributed by atoms with Crippen LogP contribution in [0.3, 0.4) is 0 Å². The Labute approximate surface area is 161 Å². The van der Waals surface area contributed by atoms with Gasteiger partial charge in [0, 0.05) is 31.9 Å². The maximum Gasteiger partial charge on any atom is 0.251 e. The van der Waals surface area contributed by atoms with Gasteiger partial charge < -0.3 is 15.0 Å². The normalized spacial score (nSPS) is 15.4. The minimum Gasteiger partial charge on any atom is -0.497 e. The van der Waals surface area contributed by atoms with E-state index in [-0.39, 0.29) is 11.9 Å². The molecule has 1 amide bonds. The van der Waals surface area contributed by atoms with E-state index in [4.69, 9.17) is 4.74 Å². The molecule has 27 heavy (non-hydrogen) atoms. The average Bonchev–Trinajstić information content (AvgIpc) is 3.23. The molecular weight excluding hydrogens is 338 g/mol. The highest BCUT2D eigenvalue weighted by Crippen LogP contribution is 2.26. The summed E-state index contributed by atoms with van der Waals surface area (Å²) < 4.78 is 5.16. The Morgan fingerprint density at radius 3 is 2.26 bits per heavy atom. The number of carbonyl (C=O) groups is 1. The first-order valence-corrected chi connectivity index (χ1v) is 9.52. The van der Waals surface area contributed by atoms with E-state index in [0.717, 1.165) is 18.8 Å². The second-order valence-electron chi connectivity index (χ2n) is 7.18. The van der Waals surface area contributed by atoms with Crippen molar-refractivity contribution in [1.82, 2.24) is 10.2 Å². The zero-order valence-corrected chi connectivity index (χ0v) is 16.4. The van der Waals surface area contributed by atoms with Crippen LogP contribution in [0.2, 0.25) is 0 Å². The maximum absolute atomic E-state index is 12.6. The van der Waals surface area contributed by atoms with E-state index >= 15 is 0 Å². The molecule has 1 heterocycles. The fourth-order valence-electron chi connectivity index (χ4n) is 3.54. The summed E-state index contributed by atoms with van der Waals surface area (Å²) in [5, 5.41) is 3.12. The van der Waals surface area contributed by atoms with Gasteiger partial charge in [-0.1, -0.05) is 12.1 Å². The van der Waals surface area contributed by atoms with E-state index in [2.05, 4.69) is 39.4 Å². The summed E-state index contributed by atoms with van der Waals surface area (Å²) in [6, 6.07) is 16.1. The molecule has 0 aliphatic carbocycles. The molecule has 1 atom stereocenters. The molecule has 144 valence electrons. The van der Waals surface area contributed by atoms with Crippen LogP contribution >= 0.6 is 0 Å². The third-order valence-corrected chi connectivity index (χ3v) is 5.18. The van der Waals surface area contributed by atoms with E-state index < -0.39 is 0 Å². The van der Waals surface area contributed by atoms with Crippen LogP contribution in [0.1, 0.15) is 34.8 Å². The van der Waals surface area contributed by atoms with Crippen molar-refractivity contribution in [2.45, 2.75) is 18.9 Å². The zero-order valence-electron chi connectivity index (χ0n) is 16.4. The second kappa shape index (κ2) is 8.91. The lowest BCUT2D eigenvalue weighted by Crippen LogP contribution is -2.36. The second-order valence-corrected chi connectivity index (χ2v) is 7.18. The standard InChI is InChI=1S/C22H29N3O2/c1-24(2)19-10-6-17(7-11-19)21(25-14-4-5-15-25)16-23-22(26)18-8-12-20(27-3)13-9-18/h6-13,21H,4-5,14-16H2,1-3H3,(H,23,26)/t21-/m0/s1. The first kappa shape index (κ1) is 19.2. The Kier molecular flexibility index (Phi) is 6.35. The highest BCUT2D eigenvalue weighted by atomic mass is 16.5. The minimum atomic E-state index is -0.0493. The first-order chi connectivity index (χ1) is 13.1. The molecule has 2 aromatic carbocycles. The van der Waals surface area contributed by atoms with Gasteiger partial charge >= 0.3 is 0 Å². The lowest BCUT2D eigenvalue weighted by molar-refractivity contribution is 0.0938. The molecule has 1 fully saturated rings. The fraction of sp³-hybridized carbons (Fsp3) is 0.409. The Morgan fingerprint density at radius 1 is 1.07 bits per heavy atom. The van der Waals surface area contributed by atoms with E-state index in [1.54, 1.807) is 19.2 Å². The summed E-state index contributed by atoms with van der Waals surface area (Å²) >= 11 is 0. The summed E-state index contributed by atoms with van der Waals surface area (Å²) in [6.45, 7) is 2.77. The molecule has 1 aliphatic heterocycles. The molecule has 0 aromatic heterocycles. The number of amides is 1. The molecule has 0 unspecified atom stereocenters. The number of nitrogens with zero attached hydrogens (tertiary/aromatic N) is 2. The first-order valence-electron chi connectivity index (χ1n) is 9.52. The van der Waals surface area contributed by atoms with Crippen LogP contribution in [0, 0.1) is 0 Å². The Morgan fingerprint density at radius 2 is 1.70 bits per heavy atom. The smallest absolute Gasteiger partial charge is 0.251 e. The Balaban J connectivity index is 1.70. The quantitative estimate of drug-likeness (QED) is 0.815. The monoisotopic (exact) mass is 367 g/mol. The van der Waals surface area contributed by atoms with E-state index in [9.17, 15) is 4.79 Å². The van der Waals surface area contributed by atoms with Crippen molar-refractivity contribution in [2.24, 2.45) is 0 Å². The number of nitrogens with one attached hydrogen (secondary N) is 1. The van der Waals surface area contributed by atoms with Crippen LogP contribution in [0.4, 0.5) is 5.69 Å². The van der Waals surface area contributed by atoms with Gasteiger partial charge in [-0.25, -0.2) is 0 Å². The largest absolute Gasteiger partial charge is 0.497 e. The number of benzene rings is 2.